The maximum atomic E-state index is 13.5. The summed E-state index contributed by atoms with van der Waals surface area (Å²) in [6.45, 7) is 15.1. The van der Waals surface area contributed by atoms with Gasteiger partial charge in [0.25, 0.3) is 0 Å². The monoisotopic (exact) mass is 545 g/mol. The third kappa shape index (κ3) is 5.01. The average Bonchev–Trinajstić information content (AvgIpc) is 3.26. The number of Topliss-reactive ketones (excluding diaryl/α,β-unsaturated/α-hetero) is 1. The minimum Gasteiger partial charge on any atom is -0.463 e. The van der Waals surface area contributed by atoms with Crippen molar-refractivity contribution in [3.8, 4) is 6.01 Å². The van der Waals surface area contributed by atoms with Crippen molar-refractivity contribution in [1.29, 1.82) is 0 Å². The molecule has 9 heteroatoms. The Balaban J connectivity index is 1.58. The lowest BCUT2D eigenvalue weighted by Crippen LogP contribution is -2.63. The SMILES string of the molecule is C=C[C@]1(C)C[C@@H](OC(=O)CSc2ncnc(OCCCC)n2)[C@]2(C)[C@H](C)CC[C@]3(CCC(=O)[C@H]32)[C@@H](C)[C@@H]1O. The molecule has 0 aliphatic heterocycles. The molecule has 210 valence electrons. The van der Waals surface area contributed by atoms with Crippen molar-refractivity contribution in [2.24, 2.45) is 34.0 Å². The molecule has 0 unspecified atom stereocenters. The van der Waals surface area contributed by atoms with Gasteiger partial charge in [0.1, 0.15) is 18.2 Å². The number of hydrogen-bond donors (Lipinski definition) is 1. The van der Waals surface area contributed by atoms with Crippen molar-refractivity contribution in [3.05, 3.63) is 19.0 Å². The first-order chi connectivity index (χ1) is 18.0. The summed E-state index contributed by atoms with van der Waals surface area (Å²) >= 11 is 1.17. The minimum absolute atomic E-state index is 0.0207. The zero-order chi connectivity index (χ0) is 27.7. The standard InChI is InChI=1S/C29H43N3O5S/c1-7-9-14-36-25-30-17-31-26(32-25)38-16-22(34)37-21-15-27(5,8-2)24(35)19(4)29-12-10-18(3)28(21,6)23(29)20(33)11-13-29/h8,17-19,21,23-24,35H,2,7,9-16H2,1,3-6H3/t18-,19+,21-,23+,24+,27-,28+,29+/m1/s1. The first-order valence-electron chi connectivity index (χ1n) is 14.0. The molecule has 3 aliphatic rings. The molecule has 0 saturated heterocycles. The van der Waals surface area contributed by atoms with Crippen LogP contribution in [0, 0.1) is 34.0 Å². The number of aliphatic hydroxyl groups is 1. The van der Waals surface area contributed by atoms with Crippen LogP contribution in [-0.2, 0) is 14.3 Å². The van der Waals surface area contributed by atoms with E-state index in [1.165, 1.54) is 18.1 Å². The fourth-order valence-corrected chi connectivity index (χ4v) is 8.11. The zero-order valence-corrected chi connectivity index (χ0v) is 24.3. The lowest BCUT2D eigenvalue weighted by molar-refractivity contribution is -0.205. The van der Waals surface area contributed by atoms with E-state index in [9.17, 15) is 14.7 Å². The van der Waals surface area contributed by atoms with Gasteiger partial charge in [0, 0.05) is 23.2 Å². The number of aromatic nitrogens is 3. The minimum atomic E-state index is -0.682. The summed E-state index contributed by atoms with van der Waals surface area (Å²) < 4.78 is 11.8. The molecule has 0 spiro atoms. The van der Waals surface area contributed by atoms with E-state index in [4.69, 9.17) is 9.47 Å². The molecule has 3 fully saturated rings. The van der Waals surface area contributed by atoms with Crippen molar-refractivity contribution < 1.29 is 24.2 Å². The topological polar surface area (TPSA) is 112 Å². The second-order valence-electron chi connectivity index (χ2n) is 12.1. The molecule has 38 heavy (non-hydrogen) atoms. The van der Waals surface area contributed by atoms with Gasteiger partial charge < -0.3 is 14.6 Å². The molecule has 1 N–H and O–H groups in total. The van der Waals surface area contributed by atoms with Crippen LogP contribution < -0.4 is 4.74 Å². The quantitative estimate of drug-likeness (QED) is 0.197. The molecule has 0 radical (unpaired) electrons. The Morgan fingerprint density at radius 3 is 2.76 bits per heavy atom. The van der Waals surface area contributed by atoms with Crippen LogP contribution in [0.3, 0.4) is 0 Å². The number of rotatable bonds is 9. The number of esters is 1. The summed E-state index contributed by atoms with van der Waals surface area (Å²) in [5, 5.41) is 12.0. The van der Waals surface area contributed by atoms with Gasteiger partial charge >= 0.3 is 12.0 Å². The maximum Gasteiger partial charge on any atom is 0.320 e. The molecule has 0 amide bonds. The highest BCUT2D eigenvalue weighted by molar-refractivity contribution is 7.99. The average molecular weight is 546 g/mol. The van der Waals surface area contributed by atoms with Gasteiger partial charge in [-0.2, -0.15) is 9.97 Å². The van der Waals surface area contributed by atoms with E-state index in [-0.39, 0.29) is 40.7 Å². The normalized spacial score (nSPS) is 38.6. The van der Waals surface area contributed by atoms with Crippen LogP contribution in [0.1, 0.15) is 79.6 Å². The Bertz CT molecular complexity index is 1050. The summed E-state index contributed by atoms with van der Waals surface area (Å²) in [4.78, 5) is 39.3. The van der Waals surface area contributed by atoms with Crippen LogP contribution >= 0.6 is 11.8 Å². The van der Waals surface area contributed by atoms with Gasteiger partial charge in [-0.25, -0.2) is 4.98 Å². The van der Waals surface area contributed by atoms with Crippen LogP contribution in [0.5, 0.6) is 6.01 Å². The molecule has 3 saturated carbocycles. The number of thioether (sulfide) groups is 1. The summed E-state index contributed by atoms with van der Waals surface area (Å²) in [6.07, 6.45) is 7.45. The Kier molecular flexibility index (Phi) is 8.58. The first-order valence-corrected chi connectivity index (χ1v) is 15.0. The maximum absolute atomic E-state index is 13.5. The van der Waals surface area contributed by atoms with Gasteiger partial charge in [-0.05, 0) is 49.4 Å². The van der Waals surface area contributed by atoms with Gasteiger partial charge in [0.2, 0.25) is 0 Å². The van der Waals surface area contributed by atoms with Gasteiger partial charge in [0.15, 0.2) is 5.16 Å². The summed E-state index contributed by atoms with van der Waals surface area (Å²) in [5.74, 6) is -0.230. The predicted molar refractivity (Wildman–Crippen MR) is 146 cm³/mol. The van der Waals surface area contributed by atoms with Crippen molar-refractivity contribution >= 4 is 23.5 Å². The fraction of sp³-hybridized carbons (Fsp3) is 0.759. The van der Waals surface area contributed by atoms with E-state index in [1.54, 1.807) is 0 Å². The molecular weight excluding hydrogens is 502 g/mol. The second kappa shape index (κ2) is 11.2. The highest BCUT2D eigenvalue weighted by Gasteiger charge is 2.68. The predicted octanol–water partition coefficient (Wildman–Crippen LogP) is 5.05. The van der Waals surface area contributed by atoms with Crippen LogP contribution in [-0.4, -0.2) is 56.4 Å². The molecule has 1 aromatic heterocycles. The summed E-state index contributed by atoms with van der Waals surface area (Å²) in [6, 6.07) is 0.244. The van der Waals surface area contributed by atoms with Crippen LogP contribution in [0.4, 0.5) is 0 Å². The van der Waals surface area contributed by atoms with Crippen molar-refractivity contribution in [3.63, 3.8) is 0 Å². The van der Waals surface area contributed by atoms with Crippen LogP contribution in [0.15, 0.2) is 24.1 Å². The van der Waals surface area contributed by atoms with Crippen molar-refractivity contribution in [2.45, 2.75) is 96.9 Å². The Morgan fingerprint density at radius 2 is 2.05 bits per heavy atom. The molecular formula is C29H43N3O5S. The number of nitrogens with zero attached hydrogens (tertiary/aromatic N) is 3. The van der Waals surface area contributed by atoms with Gasteiger partial charge in [0.05, 0.1) is 18.5 Å². The largest absolute Gasteiger partial charge is 0.463 e. The molecule has 2 bridgehead atoms. The Hall–Kier alpha value is -2.00. The number of carbonyl (C=O) groups is 2. The van der Waals surface area contributed by atoms with Gasteiger partial charge in [-0.15, -0.1) is 6.58 Å². The molecule has 4 rings (SSSR count). The number of hydrogen-bond acceptors (Lipinski definition) is 9. The third-order valence-corrected chi connectivity index (χ3v) is 11.0. The third-order valence-electron chi connectivity index (χ3n) is 10.2. The fourth-order valence-electron chi connectivity index (χ4n) is 7.53. The molecule has 0 aromatic carbocycles. The van der Waals surface area contributed by atoms with Crippen molar-refractivity contribution in [2.75, 3.05) is 12.4 Å². The zero-order valence-electron chi connectivity index (χ0n) is 23.4. The van der Waals surface area contributed by atoms with Crippen molar-refractivity contribution in [1.82, 2.24) is 15.0 Å². The molecule has 8 nitrogen and oxygen atoms in total. The highest BCUT2D eigenvalue weighted by Crippen LogP contribution is 2.68. The van der Waals surface area contributed by atoms with Crippen LogP contribution in [0.25, 0.3) is 0 Å². The summed E-state index contributed by atoms with van der Waals surface area (Å²) in [5.41, 5.74) is -1.47. The van der Waals surface area contributed by atoms with E-state index in [0.29, 0.717) is 24.6 Å². The Morgan fingerprint density at radius 1 is 1.29 bits per heavy atom. The van der Waals surface area contributed by atoms with E-state index >= 15 is 0 Å². The summed E-state index contributed by atoms with van der Waals surface area (Å²) in [7, 11) is 0. The van der Waals surface area contributed by atoms with E-state index in [0.717, 1.165) is 32.1 Å². The number of ketones is 1. The van der Waals surface area contributed by atoms with Gasteiger partial charge in [-0.1, -0.05) is 58.9 Å². The van der Waals surface area contributed by atoms with E-state index in [1.807, 2.05) is 13.0 Å². The Labute approximate surface area is 230 Å². The molecule has 8 atom stereocenters. The smallest absolute Gasteiger partial charge is 0.320 e. The molecule has 1 aromatic rings. The lowest BCUT2D eigenvalue weighted by Gasteiger charge is -2.61. The molecule has 3 aliphatic carbocycles. The van der Waals surface area contributed by atoms with E-state index < -0.39 is 29.0 Å². The highest BCUT2D eigenvalue weighted by atomic mass is 32.2. The number of aliphatic hydroxyl groups excluding tert-OH is 1. The lowest BCUT2D eigenvalue weighted by atomic mass is 9.44. The second-order valence-corrected chi connectivity index (χ2v) is 13.0. The first kappa shape index (κ1) is 29.0. The molecule has 1 heterocycles. The van der Waals surface area contributed by atoms with Gasteiger partial charge in [-0.3, -0.25) is 9.59 Å². The number of unbranched alkanes of at least 4 members (excludes halogenated alkanes) is 1. The van der Waals surface area contributed by atoms with Crippen LogP contribution in [0.2, 0.25) is 0 Å². The van der Waals surface area contributed by atoms with E-state index in [2.05, 4.69) is 49.2 Å². The number of carbonyl (C=O) groups excluding carboxylic acids is 2. The number of ether oxygens (including phenoxy) is 2.